The van der Waals surface area contributed by atoms with Crippen LogP contribution in [0.15, 0.2) is 5.51 Å². The molecule has 1 aromatic heterocycles. The summed E-state index contributed by atoms with van der Waals surface area (Å²) in [5, 5.41) is 12.1. The Morgan fingerprint density at radius 3 is 2.89 bits per heavy atom. The predicted octanol–water partition coefficient (Wildman–Crippen LogP) is 0.946. The summed E-state index contributed by atoms with van der Waals surface area (Å²) in [4.78, 5) is 17.6. The van der Waals surface area contributed by atoms with Gasteiger partial charge < -0.3 is 15.3 Å². The Kier molecular flexibility index (Phi) is 6.16. The van der Waals surface area contributed by atoms with Crippen LogP contribution in [-0.4, -0.2) is 66.5 Å². The van der Waals surface area contributed by atoms with Crippen LogP contribution in [0.2, 0.25) is 0 Å². The number of rotatable bonds is 4. The maximum atomic E-state index is 10.9. The van der Waals surface area contributed by atoms with Gasteiger partial charge in [0.25, 0.3) is 0 Å². The van der Waals surface area contributed by atoms with Gasteiger partial charge in [-0.1, -0.05) is 0 Å². The summed E-state index contributed by atoms with van der Waals surface area (Å²) >= 11 is 1.16. The van der Waals surface area contributed by atoms with Crippen molar-refractivity contribution in [1.29, 1.82) is 0 Å². The zero-order chi connectivity index (χ0) is 12.3. The molecule has 7 heteroatoms. The molecule has 0 amide bonds. The van der Waals surface area contributed by atoms with Crippen LogP contribution in [0.3, 0.4) is 0 Å². The number of thiazole rings is 1. The van der Waals surface area contributed by atoms with Crippen LogP contribution >= 0.6 is 11.3 Å². The Balaban J connectivity index is 0.00000162. The number of carboxylic acid groups (broad SMARTS) is 1. The van der Waals surface area contributed by atoms with Crippen LogP contribution in [0.25, 0.3) is 0 Å². The van der Waals surface area contributed by atoms with Crippen molar-refractivity contribution < 1.29 is 9.90 Å². The van der Waals surface area contributed by atoms with Crippen LogP contribution in [0.1, 0.15) is 22.5 Å². The van der Waals surface area contributed by atoms with Crippen molar-refractivity contribution >= 4 is 42.0 Å². The third kappa shape index (κ3) is 3.99. The molecule has 0 spiro atoms. The topological polar surface area (TPSA) is 65.5 Å². The third-order valence-electron chi connectivity index (χ3n) is 3.16. The molecule has 18 heavy (non-hydrogen) atoms. The summed E-state index contributed by atoms with van der Waals surface area (Å²) in [6.07, 6.45) is 2.33. The molecule has 0 unspecified atom stereocenters. The Hall–Kier alpha value is -0.543. The summed E-state index contributed by atoms with van der Waals surface area (Å²) in [6, 6.07) is 0. The van der Waals surface area contributed by atoms with Crippen molar-refractivity contribution in [3.05, 3.63) is 10.4 Å². The Morgan fingerprint density at radius 2 is 2.28 bits per heavy atom. The average molecular weight is 263 g/mol. The number of aromatic carboxylic acids is 1. The van der Waals surface area contributed by atoms with E-state index < -0.39 is 5.97 Å². The van der Waals surface area contributed by atoms with Crippen molar-refractivity contribution in [3.8, 4) is 0 Å². The number of aromatic nitrogens is 1. The fourth-order valence-electron chi connectivity index (χ4n) is 2.03. The number of nitrogens with zero attached hydrogens (tertiary/aromatic N) is 2. The molecule has 0 saturated carbocycles. The Bertz CT molecular complexity index is 391. The van der Waals surface area contributed by atoms with Gasteiger partial charge in [-0.15, -0.1) is 11.3 Å². The van der Waals surface area contributed by atoms with Crippen molar-refractivity contribution in [3.63, 3.8) is 0 Å². The fraction of sp³-hybridized carbons (Fsp3) is 0.636. The molecule has 0 bridgehead atoms. The van der Waals surface area contributed by atoms with Crippen LogP contribution < -0.4 is 5.32 Å². The second-order valence-electron chi connectivity index (χ2n) is 4.46. The molecule has 1 aliphatic rings. The van der Waals surface area contributed by atoms with Crippen LogP contribution in [0.4, 0.5) is 5.82 Å². The number of carboxylic acids is 1. The number of piperidine rings is 1. The summed E-state index contributed by atoms with van der Waals surface area (Å²) < 4.78 is 0. The first kappa shape index (κ1) is 15.5. The molecule has 2 N–H and O–H groups in total. The van der Waals surface area contributed by atoms with E-state index >= 15 is 0 Å². The van der Waals surface area contributed by atoms with Crippen molar-refractivity contribution in [2.75, 3.05) is 32.0 Å². The van der Waals surface area contributed by atoms with E-state index in [9.17, 15) is 4.79 Å². The van der Waals surface area contributed by atoms with Gasteiger partial charge in [-0.05, 0) is 38.9 Å². The van der Waals surface area contributed by atoms with Crippen LogP contribution in [0.5, 0.6) is 0 Å². The molecule has 0 aliphatic carbocycles. The Morgan fingerprint density at radius 1 is 1.61 bits per heavy atom. The quantitative estimate of drug-likeness (QED) is 0.792. The number of anilines is 1. The number of hydrogen-bond acceptors (Lipinski definition) is 5. The van der Waals surface area contributed by atoms with E-state index in [-0.39, 0.29) is 18.9 Å². The van der Waals surface area contributed by atoms with E-state index in [4.69, 9.17) is 5.11 Å². The van der Waals surface area contributed by atoms with E-state index in [0.717, 1.165) is 43.8 Å². The van der Waals surface area contributed by atoms with E-state index in [1.807, 2.05) is 0 Å². The second-order valence-corrected chi connectivity index (χ2v) is 5.32. The molecule has 1 saturated heterocycles. The number of nitrogens with one attached hydrogen (secondary N) is 1. The van der Waals surface area contributed by atoms with Crippen molar-refractivity contribution in [2.24, 2.45) is 5.92 Å². The summed E-state index contributed by atoms with van der Waals surface area (Å²) in [6.45, 7) is 3.06. The Labute approximate surface area is 123 Å². The standard InChI is InChI=1S/C11H17N3O2S.Li.H/c1-14-4-2-8(3-5-14)6-12-10-9(11(15)16)17-7-13-10;;/h7-8,12H,2-6H2,1H3,(H,15,16);;. The molecule has 2 heterocycles. The van der Waals surface area contributed by atoms with Gasteiger partial charge in [0.1, 0.15) is 0 Å². The second kappa shape index (κ2) is 7.15. The van der Waals surface area contributed by atoms with Gasteiger partial charge in [0.2, 0.25) is 0 Å². The van der Waals surface area contributed by atoms with Gasteiger partial charge in [0.05, 0.1) is 5.51 Å². The normalized spacial score (nSPS) is 17.2. The molecule has 0 atom stereocenters. The van der Waals surface area contributed by atoms with Gasteiger partial charge >= 0.3 is 24.8 Å². The van der Waals surface area contributed by atoms with Crippen LogP contribution in [-0.2, 0) is 0 Å². The first-order valence-corrected chi connectivity index (χ1v) is 6.64. The van der Waals surface area contributed by atoms with Gasteiger partial charge in [-0.3, -0.25) is 0 Å². The minimum atomic E-state index is -0.904. The summed E-state index contributed by atoms with van der Waals surface area (Å²) in [7, 11) is 2.13. The SMILES string of the molecule is CN1CCC(CNc2ncsc2C(=O)O)CC1.[LiH]. The third-order valence-corrected chi connectivity index (χ3v) is 3.97. The minimum absolute atomic E-state index is 0. The van der Waals surface area contributed by atoms with E-state index in [1.54, 1.807) is 5.51 Å². The summed E-state index contributed by atoms with van der Waals surface area (Å²) in [5.41, 5.74) is 1.57. The molecule has 2 rings (SSSR count). The maximum absolute atomic E-state index is 10.9. The molecular weight excluding hydrogens is 245 g/mol. The predicted molar refractivity (Wildman–Crippen MR) is 74.9 cm³/mol. The molecule has 5 nitrogen and oxygen atoms in total. The fourth-order valence-corrected chi connectivity index (χ4v) is 2.63. The van der Waals surface area contributed by atoms with Crippen molar-refractivity contribution in [1.82, 2.24) is 9.88 Å². The van der Waals surface area contributed by atoms with Gasteiger partial charge in [-0.25, -0.2) is 9.78 Å². The van der Waals surface area contributed by atoms with E-state index in [1.165, 1.54) is 0 Å². The zero-order valence-electron chi connectivity index (χ0n) is 9.85. The number of hydrogen-bond donors (Lipinski definition) is 2. The molecular formula is C11H18LiN3O2S. The van der Waals surface area contributed by atoms with Gasteiger partial charge in [0.15, 0.2) is 10.7 Å². The molecule has 0 radical (unpaired) electrons. The van der Waals surface area contributed by atoms with E-state index in [0.29, 0.717) is 16.6 Å². The molecule has 96 valence electrons. The van der Waals surface area contributed by atoms with E-state index in [2.05, 4.69) is 22.2 Å². The molecule has 1 fully saturated rings. The zero-order valence-corrected chi connectivity index (χ0v) is 10.7. The number of likely N-dealkylation sites (tertiary alicyclic amines) is 1. The monoisotopic (exact) mass is 263 g/mol. The summed E-state index contributed by atoms with van der Waals surface area (Å²) in [5.74, 6) is 0.231. The van der Waals surface area contributed by atoms with Crippen LogP contribution in [0, 0.1) is 5.92 Å². The first-order valence-electron chi connectivity index (χ1n) is 5.76. The first-order chi connectivity index (χ1) is 8.16. The van der Waals surface area contributed by atoms with Gasteiger partial charge in [0, 0.05) is 6.54 Å². The molecule has 0 aromatic carbocycles. The van der Waals surface area contributed by atoms with Crippen molar-refractivity contribution in [2.45, 2.75) is 12.8 Å². The molecule has 1 aromatic rings. The average Bonchev–Trinajstić information content (AvgIpc) is 2.76. The molecule has 1 aliphatic heterocycles. The van der Waals surface area contributed by atoms with Gasteiger partial charge in [-0.2, -0.15) is 0 Å². The number of carbonyl (C=O) groups is 1.